The van der Waals surface area contributed by atoms with Crippen molar-refractivity contribution in [2.45, 2.75) is 62.6 Å². The summed E-state index contributed by atoms with van der Waals surface area (Å²) in [5, 5.41) is 41.3. The van der Waals surface area contributed by atoms with Crippen molar-refractivity contribution in [1.82, 2.24) is 9.80 Å². The number of aliphatic hydroxyl groups is 2. The molecule has 0 heterocycles. The topological polar surface area (TPSA) is 87.4 Å². The van der Waals surface area contributed by atoms with Crippen LogP contribution in [0.15, 0.2) is 48.5 Å². The van der Waals surface area contributed by atoms with E-state index in [1.165, 1.54) is 12.8 Å². The maximum atomic E-state index is 11.0. The number of aromatic hydroxyl groups is 2. The van der Waals surface area contributed by atoms with Crippen LogP contribution in [0.3, 0.4) is 0 Å². The Balaban J connectivity index is 0.000000361. The first-order valence-corrected chi connectivity index (χ1v) is 13.4. The van der Waals surface area contributed by atoms with Gasteiger partial charge in [0.2, 0.25) is 0 Å². The third-order valence-corrected chi connectivity index (χ3v) is 7.93. The van der Waals surface area contributed by atoms with Crippen molar-refractivity contribution in [3.8, 4) is 11.5 Å². The highest BCUT2D eigenvalue weighted by Crippen LogP contribution is 2.43. The lowest BCUT2D eigenvalue weighted by atomic mass is 9.71. The second-order valence-corrected chi connectivity index (χ2v) is 11.4. The molecule has 2 fully saturated rings. The average Bonchev–Trinajstić information content (AvgIpc) is 2.82. The molecule has 0 aromatic heterocycles. The fraction of sp³-hybridized carbons (Fsp3) is 0.600. The Bertz CT molecular complexity index is 899. The summed E-state index contributed by atoms with van der Waals surface area (Å²) in [6.45, 7) is 1.76. The Morgan fingerprint density at radius 2 is 1.03 bits per heavy atom. The number of phenolic OH excluding ortho intramolecular Hbond substituents is 2. The molecule has 0 spiro atoms. The van der Waals surface area contributed by atoms with Crippen LogP contribution in [0.1, 0.15) is 62.5 Å². The molecule has 0 amide bonds. The maximum absolute atomic E-state index is 11.0. The third-order valence-electron chi connectivity index (χ3n) is 7.93. The molecule has 8 heteroatoms. The number of nitrogens with zero attached hydrogens (tertiary/aromatic N) is 2. The van der Waals surface area contributed by atoms with Gasteiger partial charge in [-0.2, -0.15) is 0 Å². The van der Waals surface area contributed by atoms with E-state index in [1.54, 1.807) is 24.3 Å². The Labute approximate surface area is 241 Å². The van der Waals surface area contributed by atoms with Gasteiger partial charge in [-0.1, -0.05) is 49.9 Å². The fourth-order valence-electron chi connectivity index (χ4n) is 6.13. The quantitative estimate of drug-likeness (QED) is 0.366. The summed E-state index contributed by atoms with van der Waals surface area (Å²) in [4.78, 5) is 4.26. The van der Waals surface area contributed by atoms with Crippen molar-refractivity contribution in [3.05, 3.63) is 59.7 Å². The van der Waals surface area contributed by atoms with E-state index in [-0.39, 0.29) is 48.1 Å². The van der Waals surface area contributed by atoms with Gasteiger partial charge in [-0.3, -0.25) is 0 Å². The highest BCUT2D eigenvalue weighted by atomic mass is 35.5. The van der Waals surface area contributed by atoms with Gasteiger partial charge in [0.1, 0.15) is 11.5 Å². The smallest absolute Gasteiger partial charge is 0.115 e. The minimum absolute atomic E-state index is 0. The first kappa shape index (κ1) is 34.5. The van der Waals surface area contributed by atoms with Gasteiger partial charge in [0.25, 0.3) is 0 Å². The van der Waals surface area contributed by atoms with Crippen molar-refractivity contribution in [1.29, 1.82) is 0 Å². The summed E-state index contributed by atoms with van der Waals surface area (Å²) in [7, 11) is 8.16. The van der Waals surface area contributed by atoms with Crippen molar-refractivity contribution in [2.75, 3.05) is 41.3 Å². The first-order valence-electron chi connectivity index (χ1n) is 13.4. The molecule has 6 nitrogen and oxygen atoms in total. The number of benzene rings is 2. The Morgan fingerprint density at radius 3 is 1.34 bits per heavy atom. The van der Waals surface area contributed by atoms with E-state index < -0.39 is 11.2 Å². The number of hydrogen-bond donors (Lipinski definition) is 4. The van der Waals surface area contributed by atoms with E-state index in [9.17, 15) is 20.4 Å². The molecule has 0 unspecified atom stereocenters. The number of phenols is 2. The Kier molecular flexibility index (Phi) is 13.9. The number of hydrogen-bond acceptors (Lipinski definition) is 6. The summed E-state index contributed by atoms with van der Waals surface area (Å²) in [6, 6.07) is 14.2. The summed E-state index contributed by atoms with van der Waals surface area (Å²) >= 11 is 0. The minimum Gasteiger partial charge on any atom is -0.508 e. The minimum atomic E-state index is -0.790. The standard InChI is InChI=1S/2C15H23NO2.2ClH/c2*1-16(2)11-13-6-3-4-9-15(13,18)12-7-5-8-14(17)10-12;;/h2*5,7-8,10,13,17-18H,3-4,6,9,11H2,1-2H3;2*1H/t2*13-,15-;;/m00../s1. The SMILES string of the molecule is CN(C)C[C@@H]1CCCC[C@]1(O)c1cccc(O)c1.CN(C)C[C@@H]1CCCC[C@]1(O)c1cccc(O)c1.Cl.Cl. The van der Waals surface area contributed by atoms with E-state index >= 15 is 0 Å². The highest BCUT2D eigenvalue weighted by molar-refractivity contribution is 5.85. The molecule has 2 aliphatic rings. The lowest BCUT2D eigenvalue weighted by Gasteiger charge is -2.41. The molecule has 0 radical (unpaired) electrons. The molecule has 0 bridgehead atoms. The zero-order valence-corrected chi connectivity index (χ0v) is 25.0. The van der Waals surface area contributed by atoms with E-state index in [1.807, 2.05) is 52.5 Å². The second kappa shape index (κ2) is 15.3. The van der Waals surface area contributed by atoms with Crippen molar-refractivity contribution >= 4 is 24.8 Å². The zero-order chi connectivity index (χ0) is 26.3. The monoisotopic (exact) mass is 570 g/mol. The fourth-order valence-corrected chi connectivity index (χ4v) is 6.13. The van der Waals surface area contributed by atoms with Gasteiger partial charge in [0.05, 0.1) is 11.2 Å². The molecular weight excluding hydrogens is 523 g/mol. The van der Waals surface area contributed by atoms with Crippen LogP contribution >= 0.6 is 24.8 Å². The Morgan fingerprint density at radius 1 is 0.658 bits per heavy atom. The van der Waals surface area contributed by atoms with Crippen LogP contribution in [-0.4, -0.2) is 71.5 Å². The van der Waals surface area contributed by atoms with Gasteiger partial charge in [-0.25, -0.2) is 0 Å². The van der Waals surface area contributed by atoms with Crippen LogP contribution in [0, 0.1) is 11.8 Å². The predicted molar refractivity (Wildman–Crippen MR) is 160 cm³/mol. The summed E-state index contributed by atoms with van der Waals surface area (Å²) < 4.78 is 0. The van der Waals surface area contributed by atoms with Crippen LogP contribution in [0.25, 0.3) is 0 Å². The highest BCUT2D eigenvalue weighted by Gasteiger charge is 2.41. The molecule has 0 saturated heterocycles. The van der Waals surface area contributed by atoms with Crippen LogP contribution in [0.5, 0.6) is 11.5 Å². The second-order valence-electron chi connectivity index (χ2n) is 11.4. The van der Waals surface area contributed by atoms with Gasteiger partial charge in [0, 0.05) is 24.9 Å². The summed E-state index contributed by atoms with van der Waals surface area (Å²) in [5.41, 5.74) is 0.130. The first-order chi connectivity index (χ1) is 17.0. The molecule has 2 aromatic carbocycles. The largest absolute Gasteiger partial charge is 0.508 e. The molecular formula is C30H48Cl2N2O4. The van der Waals surface area contributed by atoms with Crippen molar-refractivity contribution in [2.24, 2.45) is 11.8 Å². The van der Waals surface area contributed by atoms with E-state index in [0.29, 0.717) is 0 Å². The average molecular weight is 572 g/mol. The summed E-state index contributed by atoms with van der Waals surface area (Å²) in [5.74, 6) is 0.941. The number of rotatable bonds is 6. The van der Waals surface area contributed by atoms with Gasteiger partial charge >= 0.3 is 0 Å². The predicted octanol–water partition coefficient (Wildman–Crippen LogP) is 5.51. The van der Waals surface area contributed by atoms with Gasteiger partial charge in [-0.05, 0) is 89.3 Å². The molecule has 4 rings (SSSR count). The molecule has 2 aromatic rings. The summed E-state index contributed by atoms with van der Waals surface area (Å²) in [6.07, 6.45) is 8.13. The van der Waals surface area contributed by atoms with Crippen LogP contribution in [0.2, 0.25) is 0 Å². The molecule has 2 aliphatic carbocycles. The molecule has 4 N–H and O–H groups in total. The van der Waals surface area contributed by atoms with Gasteiger partial charge < -0.3 is 30.2 Å². The molecule has 0 aliphatic heterocycles. The van der Waals surface area contributed by atoms with E-state index in [4.69, 9.17) is 0 Å². The number of halogens is 2. The third kappa shape index (κ3) is 8.73. The van der Waals surface area contributed by atoms with Crippen LogP contribution in [-0.2, 0) is 11.2 Å². The maximum Gasteiger partial charge on any atom is 0.115 e. The molecule has 2 saturated carbocycles. The molecule has 38 heavy (non-hydrogen) atoms. The molecule has 216 valence electrons. The van der Waals surface area contributed by atoms with Crippen molar-refractivity contribution in [3.63, 3.8) is 0 Å². The normalized spacial score (nSPS) is 27.1. The Hall–Kier alpha value is -1.54. The van der Waals surface area contributed by atoms with E-state index in [0.717, 1.165) is 62.7 Å². The van der Waals surface area contributed by atoms with Crippen LogP contribution < -0.4 is 0 Å². The lowest BCUT2D eigenvalue weighted by Crippen LogP contribution is -2.43. The lowest BCUT2D eigenvalue weighted by molar-refractivity contribution is -0.0621. The van der Waals surface area contributed by atoms with Crippen molar-refractivity contribution < 1.29 is 20.4 Å². The molecule has 4 atom stereocenters. The van der Waals surface area contributed by atoms with E-state index in [2.05, 4.69) is 9.80 Å². The van der Waals surface area contributed by atoms with Gasteiger partial charge in [-0.15, -0.1) is 24.8 Å². The van der Waals surface area contributed by atoms with Gasteiger partial charge in [0.15, 0.2) is 0 Å². The zero-order valence-electron chi connectivity index (χ0n) is 23.3. The van der Waals surface area contributed by atoms with Crippen LogP contribution in [0.4, 0.5) is 0 Å².